The van der Waals surface area contributed by atoms with Crippen LogP contribution >= 0.6 is 24.0 Å². The Balaban J connectivity index is 1.55. The Hall–Kier alpha value is -3.62. The van der Waals surface area contributed by atoms with Crippen LogP contribution in [0.5, 0.6) is 17.2 Å². The van der Waals surface area contributed by atoms with Gasteiger partial charge in [0, 0.05) is 0 Å². The highest BCUT2D eigenvalue weighted by molar-refractivity contribution is 8.27. The average Bonchev–Trinajstić information content (AvgIpc) is 3.13. The minimum Gasteiger partial charge on any atom is -0.497 e. The van der Waals surface area contributed by atoms with Crippen LogP contribution in [0.3, 0.4) is 0 Å². The first-order valence-electron chi connectivity index (χ1n) is 9.87. The van der Waals surface area contributed by atoms with E-state index in [2.05, 4.69) is 0 Å². The Morgan fingerprint density at radius 1 is 0.939 bits per heavy atom. The number of benzene rings is 3. The standard InChI is InChI=1S/C25H19NO5S2/c1-29-19-11-9-18(10-12-19)26-23(27)22(33-25(26)32)15-16-8-13-20(21(14-16)30-2)31-24(28)17-6-4-3-5-7-17/h3-15H,1-2H3/b22-15-. The molecule has 1 fully saturated rings. The molecule has 1 aliphatic rings. The Morgan fingerprint density at radius 3 is 2.33 bits per heavy atom. The SMILES string of the molecule is COc1ccc(N2C(=O)/C(=C/c3ccc(OC(=O)c4ccccc4)c(OC)c3)SC2=S)cc1. The fourth-order valence-corrected chi connectivity index (χ4v) is 4.46. The van der Waals surface area contributed by atoms with Crippen LogP contribution in [0.1, 0.15) is 15.9 Å². The predicted octanol–water partition coefficient (Wildman–Crippen LogP) is 5.33. The van der Waals surface area contributed by atoms with E-state index in [0.29, 0.717) is 37.5 Å². The van der Waals surface area contributed by atoms with Crippen molar-refractivity contribution in [2.24, 2.45) is 0 Å². The van der Waals surface area contributed by atoms with Gasteiger partial charge in [-0.3, -0.25) is 9.69 Å². The number of carbonyl (C=O) groups excluding carboxylic acids is 2. The maximum Gasteiger partial charge on any atom is 0.343 e. The minimum absolute atomic E-state index is 0.214. The number of thioether (sulfide) groups is 1. The van der Waals surface area contributed by atoms with Crippen LogP contribution in [0.2, 0.25) is 0 Å². The zero-order chi connectivity index (χ0) is 23.4. The summed E-state index contributed by atoms with van der Waals surface area (Å²) in [7, 11) is 3.07. The van der Waals surface area contributed by atoms with Gasteiger partial charge in [0.2, 0.25) is 0 Å². The molecule has 0 saturated carbocycles. The summed E-state index contributed by atoms with van der Waals surface area (Å²) in [5, 5.41) is 0. The van der Waals surface area contributed by atoms with Crippen LogP contribution in [0.4, 0.5) is 5.69 Å². The number of methoxy groups -OCH3 is 2. The Morgan fingerprint density at radius 2 is 1.67 bits per heavy atom. The molecular weight excluding hydrogens is 458 g/mol. The van der Waals surface area contributed by atoms with Crippen LogP contribution in [0, 0.1) is 0 Å². The summed E-state index contributed by atoms with van der Waals surface area (Å²) in [4.78, 5) is 27.4. The first kappa shape index (κ1) is 22.6. The lowest BCUT2D eigenvalue weighted by molar-refractivity contribution is -0.113. The Kier molecular flexibility index (Phi) is 6.76. The number of hydrogen-bond acceptors (Lipinski definition) is 7. The first-order chi connectivity index (χ1) is 16.0. The van der Waals surface area contributed by atoms with Gasteiger partial charge in [-0.1, -0.05) is 48.2 Å². The summed E-state index contributed by atoms with van der Waals surface area (Å²) >= 11 is 6.65. The summed E-state index contributed by atoms with van der Waals surface area (Å²) < 4.78 is 16.5. The highest BCUT2D eigenvalue weighted by Crippen LogP contribution is 2.37. The molecule has 6 nitrogen and oxygen atoms in total. The molecule has 1 heterocycles. The summed E-state index contributed by atoms with van der Waals surface area (Å²) in [5.74, 6) is 0.656. The summed E-state index contributed by atoms with van der Waals surface area (Å²) in [6.07, 6.45) is 1.73. The lowest BCUT2D eigenvalue weighted by Gasteiger charge is -2.14. The third kappa shape index (κ3) is 4.92. The van der Waals surface area contributed by atoms with Gasteiger partial charge < -0.3 is 14.2 Å². The zero-order valence-corrected chi connectivity index (χ0v) is 19.4. The molecule has 1 saturated heterocycles. The van der Waals surface area contributed by atoms with E-state index in [4.69, 9.17) is 26.4 Å². The first-order valence-corrected chi connectivity index (χ1v) is 11.1. The number of hydrogen-bond donors (Lipinski definition) is 0. The van der Waals surface area contributed by atoms with Gasteiger partial charge in [-0.05, 0) is 60.2 Å². The van der Waals surface area contributed by atoms with Gasteiger partial charge in [0.15, 0.2) is 15.8 Å². The quantitative estimate of drug-likeness (QED) is 0.206. The number of esters is 1. The highest BCUT2D eigenvalue weighted by atomic mass is 32.2. The molecule has 0 bridgehead atoms. The monoisotopic (exact) mass is 477 g/mol. The van der Waals surface area contributed by atoms with Gasteiger partial charge in [0.05, 0.1) is 30.4 Å². The fourth-order valence-electron chi connectivity index (χ4n) is 3.16. The van der Waals surface area contributed by atoms with E-state index in [1.165, 1.54) is 23.8 Å². The van der Waals surface area contributed by atoms with Gasteiger partial charge in [-0.2, -0.15) is 0 Å². The van der Waals surface area contributed by atoms with Gasteiger partial charge in [-0.25, -0.2) is 4.79 Å². The number of rotatable bonds is 6. The number of thiocarbonyl (C=S) groups is 1. The molecular formula is C25H19NO5S2. The second-order valence-corrected chi connectivity index (χ2v) is 8.56. The van der Waals surface area contributed by atoms with E-state index in [1.54, 1.807) is 79.9 Å². The lowest BCUT2D eigenvalue weighted by atomic mass is 10.1. The van der Waals surface area contributed by atoms with Crippen molar-refractivity contribution < 1.29 is 23.8 Å². The maximum atomic E-state index is 13.0. The van der Waals surface area contributed by atoms with Crippen LogP contribution in [0.25, 0.3) is 6.08 Å². The van der Waals surface area contributed by atoms with Crippen LogP contribution in [-0.4, -0.2) is 30.4 Å². The number of amides is 1. The van der Waals surface area contributed by atoms with Gasteiger partial charge >= 0.3 is 5.97 Å². The van der Waals surface area contributed by atoms with Crippen molar-refractivity contribution >= 4 is 51.9 Å². The molecule has 8 heteroatoms. The van der Waals surface area contributed by atoms with Gasteiger partial charge in [0.25, 0.3) is 5.91 Å². The van der Waals surface area contributed by atoms with Crippen molar-refractivity contribution in [3.8, 4) is 17.2 Å². The average molecular weight is 478 g/mol. The van der Waals surface area contributed by atoms with Gasteiger partial charge in [-0.15, -0.1) is 0 Å². The largest absolute Gasteiger partial charge is 0.497 e. The van der Waals surface area contributed by atoms with E-state index >= 15 is 0 Å². The maximum absolute atomic E-state index is 13.0. The topological polar surface area (TPSA) is 65.1 Å². The van der Waals surface area contributed by atoms with Crippen molar-refractivity contribution in [1.29, 1.82) is 0 Å². The molecule has 0 N–H and O–H groups in total. The summed E-state index contributed by atoms with van der Waals surface area (Å²) in [5.41, 5.74) is 1.81. The molecule has 1 amide bonds. The van der Waals surface area contributed by atoms with E-state index < -0.39 is 5.97 Å². The van der Waals surface area contributed by atoms with Crippen molar-refractivity contribution in [2.45, 2.75) is 0 Å². The van der Waals surface area contributed by atoms with E-state index in [0.717, 1.165) is 0 Å². The zero-order valence-electron chi connectivity index (χ0n) is 17.8. The minimum atomic E-state index is -0.484. The molecule has 0 spiro atoms. The number of nitrogens with zero attached hydrogens (tertiary/aromatic N) is 1. The van der Waals surface area contributed by atoms with Crippen LogP contribution < -0.4 is 19.1 Å². The smallest absolute Gasteiger partial charge is 0.343 e. The van der Waals surface area contributed by atoms with E-state index in [-0.39, 0.29) is 11.7 Å². The van der Waals surface area contributed by atoms with Crippen LogP contribution in [-0.2, 0) is 4.79 Å². The molecule has 3 aromatic rings. The number of ether oxygens (including phenoxy) is 3. The fraction of sp³-hybridized carbons (Fsp3) is 0.0800. The third-order valence-corrected chi connectivity index (χ3v) is 6.12. The highest BCUT2D eigenvalue weighted by Gasteiger charge is 2.33. The molecule has 0 aliphatic carbocycles. The van der Waals surface area contributed by atoms with Crippen LogP contribution in [0.15, 0.2) is 77.7 Å². The molecule has 0 radical (unpaired) electrons. The summed E-state index contributed by atoms with van der Waals surface area (Å²) in [6.45, 7) is 0. The van der Waals surface area contributed by atoms with E-state index in [1.807, 2.05) is 6.07 Å². The molecule has 0 unspecified atom stereocenters. The molecule has 0 atom stereocenters. The lowest BCUT2D eigenvalue weighted by Crippen LogP contribution is -2.27. The molecule has 33 heavy (non-hydrogen) atoms. The second-order valence-electron chi connectivity index (χ2n) is 6.88. The number of anilines is 1. The molecule has 3 aromatic carbocycles. The van der Waals surface area contributed by atoms with Gasteiger partial charge in [0.1, 0.15) is 5.75 Å². The van der Waals surface area contributed by atoms with Crippen molar-refractivity contribution in [1.82, 2.24) is 0 Å². The molecule has 1 aliphatic heterocycles. The molecule has 4 rings (SSSR count). The number of carbonyl (C=O) groups is 2. The second kappa shape index (κ2) is 9.89. The molecule has 166 valence electrons. The Labute approximate surface area is 200 Å². The third-order valence-electron chi connectivity index (χ3n) is 4.82. The van der Waals surface area contributed by atoms with Crippen molar-refractivity contribution in [3.63, 3.8) is 0 Å². The van der Waals surface area contributed by atoms with E-state index in [9.17, 15) is 9.59 Å². The summed E-state index contributed by atoms with van der Waals surface area (Å²) in [6, 6.07) is 20.9. The van der Waals surface area contributed by atoms with Crippen molar-refractivity contribution in [3.05, 3.63) is 88.8 Å². The normalized spacial score (nSPS) is 14.5. The van der Waals surface area contributed by atoms with Crippen molar-refractivity contribution in [2.75, 3.05) is 19.1 Å². The Bertz CT molecular complexity index is 1240. The molecule has 0 aromatic heterocycles. The predicted molar refractivity (Wildman–Crippen MR) is 133 cm³/mol.